The quantitative estimate of drug-likeness (QED) is 0.569. The third-order valence-electron chi connectivity index (χ3n) is 6.01. The van der Waals surface area contributed by atoms with Crippen molar-refractivity contribution in [3.05, 3.63) is 47.2 Å². The highest BCUT2D eigenvalue weighted by molar-refractivity contribution is 7.88. The molecule has 3 aliphatic rings. The van der Waals surface area contributed by atoms with E-state index in [0.29, 0.717) is 25.0 Å². The molecular weight excluding hydrogens is 388 g/mol. The van der Waals surface area contributed by atoms with Crippen LogP contribution in [-0.2, 0) is 22.2 Å². The molecular formula is C20H30N6O2S. The van der Waals surface area contributed by atoms with Gasteiger partial charge in [-0.25, -0.2) is 17.7 Å². The number of fused-ring (bicyclic) bond motifs is 1. The fraction of sp³-hybridized carbons (Fsp3) is 0.550. The summed E-state index contributed by atoms with van der Waals surface area (Å²) in [6.45, 7) is 4.20. The average Bonchev–Trinajstić information content (AvgIpc) is 2.68. The lowest BCUT2D eigenvalue weighted by atomic mass is 9.91. The number of nitrogens with zero attached hydrogens (tertiary/aromatic N) is 2. The Bertz CT molecular complexity index is 936. The standard InChI is InChI=1S/C20H30N6O2S/c1-14-18-13-16(4-3-15(18)5-9-22-14)20(21)23-10-6-19(25-20)24-17-7-11-26(12-8-17)29(2,27)28/h3-4,6,10,13-14,17,22-23H,5,7-9,11-12,21H2,1-2H3,(H,24,25). The molecule has 5 N–H and O–H groups in total. The van der Waals surface area contributed by atoms with Crippen LogP contribution in [0.4, 0.5) is 0 Å². The van der Waals surface area contributed by atoms with Crippen molar-refractivity contribution in [2.24, 2.45) is 10.7 Å². The summed E-state index contributed by atoms with van der Waals surface area (Å²) in [5.41, 5.74) is 10.2. The van der Waals surface area contributed by atoms with E-state index in [0.717, 1.165) is 31.4 Å². The summed E-state index contributed by atoms with van der Waals surface area (Å²) in [5, 5.41) is 10.1. The number of amidine groups is 1. The number of nitrogens with two attached hydrogens (primary N) is 1. The van der Waals surface area contributed by atoms with Crippen LogP contribution in [0.5, 0.6) is 0 Å². The van der Waals surface area contributed by atoms with E-state index in [2.05, 4.69) is 41.1 Å². The molecule has 1 aromatic rings. The molecule has 1 saturated heterocycles. The Morgan fingerprint density at radius 3 is 2.79 bits per heavy atom. The second-order valence-corrected chi connectivity index (χ2v) is 10.1. The van der Waals surface area contributed by atoms with E-state index < -0.39 is 15.8 Å². The molecule has 2 unspecified atom stereocenters. The second-order valence-electron chi connectivity index (χ2n) is 8.16. The van der Waals surface area contributed by atoms with E-state index in [-0.39, 0.29) is 6.04 Å². The van der Waals surface area contributed by atoms with Gasteiger partial charge in [-0.3, -0.25) is 5.73 Å². The molecule has 158 valence electrons. The van der Waals surface area contributed by atoms with Crippen LogP contribution in [-0.4, -0.2) is 50.5 Å². The van der Waals surface area contributed by atoms with Crippen molar-refractivity contribution in [1.82, 2.24) is 20.3 Å². The van der Waals surface area contributed by atoms with E-state index >= 15 is 0 Å². The van der Waals surface area contributed by atoms with E-state index in [4.69, 9.17) is 10.7 Å². The average molecular weight is 419 g/mol. The molecule has 8 nitrogen and oxygen atoms in total. The first-order valence-corrected chi connectivity index (χ1v) is 12.0. The maximum atomic E-state index is 11.7. The molecule has 0 saturated carbocycles. The second kappa shape index (κ2) is 7.71. The van der Waals surface area contributed by atoms with E-state index in [1.54, 1.807) is 0 Å². The number of piperidine rings is 1. The molecule has 9 heteroatoms. The number of sulfonamides is 1. The SMILES string of the molecule is CC1NCCc2ccc(C3(N)N=C(NC4CCN(S(C)(=O)=O)CC4)C=CN3)cc21. The van der Waals surface area contributed by atoms with E-state index in [9.17, 15) is 8.42 Å². The van der Waals surface area contributed by atoms with Crippen molar-refractivity contribution in [3.63, 3.8) is 0 Å². The summed E-state index contributed by atoms with van der Waals surface area (Å²) >= 11 is 0. The highest BCUT2D eigenvalue weighted by Crippen LogP contribution is 2.28. The van der Waals surface area contributed by atoms with Crippen LogP contribution < -0.4 is 21.7 Å². The van der Waals surface area contributed by atoms with Gasteiger partial charge in [0.2, 0.25) is 15.8 Å². The summed E-state index contributed by atoms with van der Waals surface area (Å²) < 4.78 is 24.9. The van der Waals surface area contributed by atoms with Gasteiger partial charge in [0.25, 0.3) is 0 Å². The fourth-order valence-corrected chi connectivity index (χ4v) is 5.15. The molecule has 3 aliphatic heterocycles. The molecule has 3 heterocycles. The number of hydrogen-bond acceptors (Lipinski definition) is 7. The minimum Gasteiger partial charge on any atom is -0.367 e. The number of aliphatic imine (C=N–C) groups is 1. The number of hydrogen-bond donors (Lipinski definition) is 4. The van der Waals surface area contributed by atoms with Gasteiger partial charge in [0.1, 0.15) is 5.84 Å². The Balaban J connectivity index is 1.49. The summed E-state index contributed by atoms with van der Waals surface area (Å²) in [7, 11) is -3.12. The Kier molecular flexibility index (Phi) is 5.41. The summed E-state index contributed by atoms with van der Waals surface area (Å²) in [5.74, 6) is -0.315. The molecule has 0 radical (unpaired) electrons. The monoisotopic (exact) mass is 418 g/mol. The third-order valence-corrected chi connectivity index (χ3v) is 7.32. The summed E-state index contributed by atoms with van der Waals surface area (Å²) in [6, 6.07) is 6.81. The van der Waals surface area contributed by atoms with Crippen LogP contribution in [0.25, 0.3) is 0 Å². The predicted molar refractivity (Wildman–Crippen MR) is 115 cm³/mol. The zero-order valence-electron chi connectivity index (χ0n) is 17.0. The topological polar surface area (TPSA) is 112 Å². The van der Waals surface area contributed by atoms with Crippen molar-refractivity contribution < 1.29 is 8.42 Å². The van der Waals surface area contributed by atoms with Crippen LogP contribution in [0.2, 0.25) is 0 Å². The number of rotatable bonds is 3. The first-order chi connectivity index (χ1) is 13.7. The largest absolute Gasteiger partial charge is 0.367 e. The Morgan fingerprint density at radius 1 is 1.31 bits per heavy atom. The first-order valence-electron chi connectivity index (χ1n) is 10.2. The predicted octanol–water partition coefficient (Wildman–Crippen LogP) is 0.491. The maximum absolute atomic E-state index is 11.7. The maximum Gasteiger partial charge on any atom is 0.211 e. The highest BCUT2D eigenvalue weighted by Gasteiger charge is 2.31. The first kappa shape index (κ1) is 20.3. The van der Waals surface area contributed by atoms with E-state index in [1.165, 1.54) is 21.7 Å². The van der Waals surface area contributed by atoms with Crippen molar-refractivity contribution in [1.29, 1.82) is 0 Å². The molecule has 0 amide bonds. The zero-order valence-corrected chi connectivity index (χ0v) is 17.8. The minimum atomic E-state index is -3.12. The molecule has 2 atom stereocenters. The molecule has 1 aromatic carbocycles. The van der Waals surface area contributed by atoms with Gasteiger partial charge in [-0.05, 0) is 56.0 Å². The summed E-state index contributed by atoms with van der Waals surface area (Å²) in [4.78, 5) is 4.75. The van der Waals surface area contributed by atoms with Crippen LogP contribution in [0, 0.1) is 0 Å². The third kappa shape index (κ3) is 4.32. The fourth-order valence-electron chi connectivity index (χ4n) is 4.27. The van der Waals surface area contributed by atoms with Gasteiger partial charge in [0.15, 0.2) is 0 Å². The lowest BCUT2D eigenvalue weighted by Gasteiger charge is -2.34. The Labute approximate surface area is 172 Å². The van der Waals surface area contributed by atoms with Gasteiger partial charge in [0.05, 0.1) is 6.26 Å². The number of benzene rings is 1. The molecule has 0 bridgehead atoms. The molecule has 1 fully saturated rings. The van der Waals surface area contributed by atoms with Gasteiger partial charge in [0, 0.05) is 36.9 Å². The van der Waals surface area contributed by atoms with Crippen LogP contribution in [0.15, 0.2) is 35.5 Å². The van der Waals surface area contributed by atoms with Crippen LogP contribution in [0.3, 0.4) is 0 Å². The van der Waals surface area contributed by atoms with Crippen molar-refractivity contribution in [2.75, 3.05) is 25.9 Å². The van der Waals surface area contributed by atoms with Gasteiger partial charge in [-0.2, -0.15) is 0 Å². The lowest BCUT2D eigenvalue weighted by molar-refractivity contribution is 0.307. The lowest BCUT2D eigenvalue weighted by Crippen LogP contribution is -2.52. The van der Waals surface area contributed by atoms with Gasteiger partial charge >= 0.3 is 0 Å². The van der Waals surface area contributed by atoms with Crippen molar-refractivity contribution in [3.8, 4) is 0 Å². The van der Waals surface area contributed by atoms with Gasteiger partial charge in [-0.15, -0.1) is 0 Å². The highest BCUT2D eigenvalue weighted by atomic mass is 32.2. The molecule has 29 heavy (non-hydrogen) atoms. The van der Waals surface area contributed by atoms with Gasteiger partial charge in [-0.1, -0.05) is 12.1 Å². The molecule has 0 aliphatic carbocycles. The van der Waals surface area contributed by atoms with E-state index in [1.807, 2.05) is 12.3 Å². The van der Waals surface area contributed by atoms with Crippen LogP contribution in [0.1, 0.15) is 42.5 Å². The van der Waals surface area contributed by atoms with Gasteiger partial charge < -0.3 is 16.0 Å². The van der Waals surface area contributed by atoms with Crippen molar-refractivity contribution in [2.45, 2.75) is 44.1 Å². The molecule has 0 spiro atoms. The van der Waals surface area contributed by atoms with Crippen molar-refractivity contribution >= 4 is 15.9 Å². The smallest absolute Gasteiger partial charge is 0.211 e. The summed E-state index contributed by atoms with van der Waals surface area (Å²) in [6.07, 6.45) is 7.46. The zero-order chi connectivity index (χ0) is 20.6. The Morgan fingerprint density at radius 2 is 2.07 bits per heavy atom. The number of nitrogens with one attached hydrogen (secondary N) is 3. The van der Waals surface area contributed by atoms with Crippen LogP contribution >= 0.6 is 0 Å². The minimum absolute atomic E-state index is 0.173. The molecule has 4 rings (SSSR count). The normalized spacial score (nSPS) is 28.4. The Hall–Kier alpha value is -1.94. The molecule has 0 aromatic heterocycles.